The molecule has 1 aliphatic heterocycles. The molecule has 1 aliphatic rings. The highest BCUT2D eigenvalue weighted by Gasteiger charge is 2.25. The van der Waals surface area contributed by atoms with Crippen molar-refractivity contribution < 1.29 is 5.11 Å². The number of hydrogen-bond acceptors (Lipinski definition) is 5. The first kappa shape index (κ1) is 15.7. The molecule has 2 atom stereocenters. The molecule has 0 amide bonds. The lowest BCUT2D eigenvalue weighted by atomic mass is 9.94. The Morgan fingerprint density at radius 1 is 1.36 bits per heavy atom. The summed E-state index contributed by atoms with van der Waals surface area (Å²) in [7, 11) is 0. The molecule has 0 radical (unpaired) electrons. The predicted molar refractivity (Wildman–Crippen MR) is 90.8 cm³/mol. The van der Waals surface area contributed by atoms with Gasteiger partial charge in [-0.3, -0.25) is 0 Å². The van der Waals surface area contributed by atoms with Crippen LogP contribution in [0.2, 0.25) is 5.02 Å². The van der Waals surface area contributed by atoms with Crippen LogP contribution in [0.15, 0.2) is 24.3 Å². The fourth-order valence-electron chi connectivity index (χ4n) is 2.80. The maximum atomic E-state index is 9.79. The largest absolute Gasteiger partial charge is 0.393 e. The highest BCUT2D eigenvalue weighted by Crippen LogP contribution is 2.28. The van der Waals surface area contributed by atoms with Crippen LogP contribution in [0, 0.1) is 5.92 Å². The Kier molecular flexibility index (Phi) is 4.96. The molecule has 0 aliphatic carbocycles. The SMILES string of the molecule is CC(O)C1CCCN(c2nnc(Cc3ccc(Cl)cc3)s2)C1. The van der Waals surface area contributed by atoms with Gasteiger partial charge in [0.15, 0.2) is 0 Å². The van der Waals surface area contributed by atoms with E-state index in [1.54, 1.807) is 11.3 Å². The number of aromatic nitrogens is 2. The van der Waals surface area contributed by atoms with Gasteiger partial charge in [-0.2, -0.15) is 0 Å². The Balaban J connectivity index is 1.66. The van der Waals surface area contributed by atoms with Crippen molar-refractivity contribution in [3.8, 4) is 0 Å². The summed E-state index contributed by atoms with van der Waals surface area (Å²) in [6.45, 7) is 3.74. The average Bonchev–Trinajstić information content (AvgIpc) is 2.98. The van der Waals surface area contributed by atoms with E-state index >= 15 is 0 Å². The topological polar surface area (TPSA) is 49.2 Å². The standard InChI is InChI=1S/C16H20ClN3OS/c1-11(21)13-3-2-8-20(10-13)16-19-18-15(22-16)9-12-4-6-14(17)7-5-12/h4-7,11,13,21H,2-3,8-10H2,1H3. The van der Waals surface area contributed by atoms with Gasteiger partial charge in [0.25, 0.3) is 0 Å². The molecular weight excluding hydrogens is 318 g/mol. The molecule has 1 N–H and O–H groups in total. The van der Waals surface area contributed by atoms with E-state index in [9.17, 15) is 5.11 Å². The molecule has 2 heterocycles. The van der Waals surface area contributed by atoms with Gasteiger partial charge in [-0.25, -0.2) is 0 Å². The molecule has 3 rings (SSSR count). The van der Waals surface area contributed by atoms with Crippen molar-refractivity contribution in [1.29, 1.82) is 0 Å². The van der Waals surface area contributed by atoms with Gasteiger partial charge in [-0.15, -0.1) is 10.2 Å². The third-order valence-corrected chi connectivity index (χ3v) is 5.37. The Bertz CT molecular complexity index is 614. The number of halogens is 1. The molecule has 118 valence electrons. The van der Waals surface area contributed by atoms with Crippen molar-refractivity contribution in [3.05, 3.63) is 39.9 Å². The number of aliphatic hydroxyl groups excluding tert-OH is 1. The van der Waals surface area contributed by atoms with Gasteiger partial charge in [-0.05, 0) is 37.5 Å². The molecule has 1 aromatic heterocycles. The van der Waals surface area contributed by atoms with Crippen molar-refractivity contribution in [2.45, 2.75) is 32.3 Å². The van der Waals surface area contributed by atoms with E-state index < -0.39 is 0 Å². The normalized spacial score (nSPS) is 20.1. The monoisotopic (exact) mass is 337 g/mol. The molecular formula is C16H20ClN3OS. The molecule has 2 unspecified atom stereocenters. The minimum atomic E-state index is -0.260. The first-order chi connectivity index (χ1) is 10.6. The van der Waals surface area contributed by atoms with Crippen molar-refractivity contribution in [1.82, 2.24) is 10.2 Å². The molecule has 1 fully saturated rings. The van der Waals surface area contributed by atoms with Crippen LogP contribution in [-0.2, 0) is 6.42 Å². The lowest BCUT2D eigenvalue weighted by Crippen LogP contribution is -2.39. The van der Waals surface area contributed by atoms with Gasteiger partial charge < -0.3 is 10.0 Å². The fraction of sp³-hybridized carbons (Fsp3) is 0.500. The van der Waals surface area contributed by atoms with Crippen LogP contribution in [0.5, 0.6) is 0 Å². The van der Waals surface area contributed by atoms with Gasteiger partial charge in [0.2, 0.25) is 5.13 Å². The number of aliphatic hydroxyl groups is 1. The minimum absolute atomic E-state index is 0.260. The summed E-state index contributed by atoms with van der Waals surface area (Å²) < 4.78 is 0. The second-order valence-electron chi connectivity index (χ2n) is 5.87. The average molecular weight is 338 g/mol. The molecule has 0 spiro atoms. The Hall–Kier alpha value is -1.17. The smallest absolute Gasteiger partial charge is 0.208 e. The van der Waals surface area contributed by atoms with E-state index in [-0.39, 0.29) is 6.10 Å². The minimum Gasteiger partial charge on any atom is -0.393 e. The molecule has 4 nitrogen and oxygen atoms in total. The molecule has 6 heteroatoms. The third kappa shape index (κ3) is 3.77. The maximum Gasteiger partial charge on any atom is 0.208 e. The number of nitrogens with zero attached hydrogens (tertiary/aromatic N) is 3. The molecule has 0 saturated carbocycles. The van der Waals surface area contributed by atoms with Crippen molar-refractivity contribution >= 4 is 28.1 Å². The van der Waals surface area contributed by atoms with E-state index in [4.69, 9.17) is 11.6 Å². The zero-order valence-electron chi connectivity index (χ0n) is 12.6. The predicted octanol–water partition coefficient (Wildman–Crippen LogP) is 3.38. The molecule has 1 aromatic carbocycles. The van der Waals surface area contributed by atoms with E-state index in [1.165, 1.54) is 5.56 Å². The zero-order chi connectivity index (χ0) is 15.5. The van der Waals surface area contributed by atoms with Crippen molar-refractivity contribution in [3.63, 3.8) is 0 Å². The van der Waals surface area contributed by atoms with Crippen LogP contribution in [-0.4, -0.2) is 34.5 Å². The first-order valence-electron chi connectivity index (χ1n) is 7.61. The van der Waals surface area contributed by atoms with E-state index in [0.29, 0.717) is 5.92 Å². The molecule has 2 aromatic rings. The Morgan fingerprint density at radius 2 is 2.14 bits per heavy atom. The first-order valence-corrected chi connectivity index (χ1v) is 8.81. The maximum absolute atomic E-state index is 9.79. The second-order valence-corrected chi connectivity index (χ2v) is 7.35. The Morgan fingerprint density at radius 3 is 2.86 bits per heavy atom. The highest BCUT2D eigenvalue weighted by molar-refractivity contribution is 7.15. The summed E-state index contributed by atoms with van der Waals surface area (Å²) in [6, 6.07) is 7.84. The van der Waals surface area contributed by atoms with Crippen LogP contribution in [0.25, 0.3) is 0 Å². The summed E-state index contributed by atoms with van der Waals surface area (Å²) in [5.41, 5.74) is 1.19. The zero-order valence-corrected chi connectivity index (χ0v) is 14.1. The van der Waals surface area contributed by atoms with Crippen molar-refractivity contribution in [2.75, 3.05) is 18.0 Å². The number of piperidine rings is 1. The second kappa shape index (κ2) is 6.94. The summed E-state index contributed by atoms with van der Waals surface area (Å²) in [4.78, 5) is 2.25. The van der Waals surface area contributed by atoms with Crippen LogP contribution in [0.1, 0.15) is 30.3 Å². The van der Waals surface area contributed by atoms with E-state index in [1.807, 2.05) is 31.2 Å². The molecule has 22 heavy (non-hydrogen) atoms. The number of anilines is 1. The highest BCUT2D eigenvalue weighted by atomic mass is 35.5. The number of benzene rings is 1. The van der Waals surface area contributed by atoms with Crippen molar-refractivity contribution in [2.24, 2.45) is 5.92 Å². The quantitative estimate of drug-likeness (QED) is 0.929. The van der Waals surface area contributed by atoms with Gasteiger partial charge in [0.05, 0.1) is 6.10 Å². The van der Waals surface area contributed by atoms with Crippen LogP contribution < -0.4 is 4.90 Å². The molecule has 1 saturated heterocycles. The van der Waals surface area contributed by atoms with E-state index in [2.05, 4.69) is 15.1 Å². The summed E-state index contributed by atoms with van der Waals surface area (Å²) in [5.74, 6) is 0.331. The van der Waals surface area contributed by atoms with Crippen LogP contribution in [0.4, 0.5) is 5.13 Å². The summed E-state index contributed by atoms with van der Waals surface area (Å²) in [6.07, 6.45) is 2.71. The molecule has 0 bridgehead atoms. The number of hydrogen-bond donors (Lipinski definition) is 1. The van der Waals surface area contributed by atoms with Crippen LogP contribution >= 0.6 is 22.9 Å². The van der Waals surface area contributed by atoms with Crippen LogP contribution in [0.3, 0.4) is 0 Å². The van der Waals surface area contributed by atoms with Gasteiger partial charge in [0.1, 0.15) is 5.01 Å². The number of rotatable bonds is 4. The Labute approximate surface area is 139 Å². The summed E-state index contributed by atoms with van der Waals surface area (Å²) >= 11 is 7.55. The van der Waals surface area contributed by atoms with Gasteiger partial charge >= 0.3 is 0 Å². The summed E-state index contributed by atoms with van der Waals surface area (Å²) in [5, 5.41) is 21.2. The van der Waals surface area contributed by atoms with Gasteiger partial charge in [0, 0.05) is 30.5 Å². The lowest BCUT2D eigenvalue weighted by molar-refractivity contribution is 0.115. The third-order valence-electron chi connectivity index (χ3n) is 4.14. The van der Waals surface area contributed by atoms with Gasteiger partial charge in [-0.1, -0.05) is 35.1 Å². The lowest BCUT2D eigenvalue weighted by Gasteiger charge is -2.33. The fourth-order valence-corrected chi connectivity index (χ4v) is 3.83. The van der Waals surface area contributed by atoms with E-state index in [0.717, 1.165) is 47.5 Å².